The molecule has 2 aromatic heterocycles. The molecule has 0 spiro atoms. The Morgan fingerprint density at radius 1 is 1.21 bits per heavy atom. The maximum atomic E-state index is 12.7. The zero-order chi connectivity index (χ0) is 20.4. The van der Waals surface area contributed by atoms with E-state index in [1.54, 1.807) is 26.5 Å². The molecule has 1 aliphatic rings. The van der Waals surface area contributed by atoms with E-state index in [0.717, 1.165) is 23.4 Å². The average Bonchev–Trinajstić information content (AvgIpc) is 3.34. The summed E-state index contributed by atoms with van der Waals surface area (Å²) in [4.78, 5) is 17.1. The van der Waals surface area contributed by atoms with Crippen LogP contribution in [0.5, 0.6) is 11.5 Å². The van der Waals surface area contributed by atoms with Crippen molar-refractivity contribution in [3.8, 4) is 11.5 Å². The minimum Gasteiger partial charge on any atom is -0.497 e. The predicted molar refractivity (Wildman–Crippen MR) is 109 cm³/mol. The topological polar surface area (TPSA) is 103 Å². The molecule has 152 valence electrons. The molecule has 4 rings (SSSR count). The van der Waals surface area contributed by atoms with Crippen LogP contribution in [-0.2, 0) is 7.05 Å². The van der Waals surface area contributed by atoms with Crippen LogP contribution in [0.25, 0.3) is 0 Å². The second-order valence-electron chi connectivity index (χ2n) is 6.79. The van der Waals surface area contributed by atoms with Crippen molar-refractivity contribution >= 4 is 22.5 Å². The SMILES string of the molecule is COc1cc(OC)cc(C(NC(=O)Nc2nnc(C3CC3)s2)c2nccn2C)c1. The first-order valence-corrected chi connectivity index (χ1v) is 10.00. The minimum atomic E-state index is -0.519. The van der Waals surface area contributed by atoms with Crippen LogP contribution in [0.3, 0.4) is 0 Å². The fourth-order valence-corrected chi connectivity index (χ4v) is 3.90. The number of hydrogen-bond acceptors (Lipinski definition) is 7. The number of amides is 2. The van der Waals surface area contributed by atoms with E-state index in [4.69, 9.17) is 9.47 Å². The zero-order valence-corrected chi connectivity index (χ0v) is 17.2. The largest absolute Gasteiger partial charge is 0.497 e. The highest BCUT2D eigenvalue weighted by Gasteiger charge is 2.28. The molecule has 1 fully saturated rings. The molecule has 2 amide bonds. The third kappa shape index (κ3) is 4.32. The van der Waals surface area contributed by atoms with Gasteiger partial charge in [0.25, 0.3) is 0 Å². The van der Waals surface area contributed by atoms with E-state index >= 15 is 0 Å². The van der Waals surface area contributed by atoms with Crippen LogP contribution in [0.15, 0.2) is 30.6 Å². The van der Waals surface area contributed by atoms with Crippen molar-refractivity contribution in [3.63, 3.8) is 0 Å². The summed E-state index contributed by atoms with van der Waals surface area (Å²) in [6.45, 7) is 0. The number of urea groups is 1. The molecule has 0 radical (unpaired) electrons. The van der Waals surface area contributed by atoms with E-state index in [9.17, 15) is 4.79 Å². The smallest absolute Gasteiger partial charge is 0.321 e. The number of ether oxygens (including phenoxy) is 2. The summed E-state index contributed by atoms with van der Waals surface area (Å²) < 4.78 is 12.6. The van der Waals surface area contributed by atoms with Crippen molar-refractivity contribution in [3.05, 3.63) is 47.0 Å². The summed E-state index contributed by atoms with van der Waals surface area (Å²) in [5.41, 5.74) is 0.779. The number of nitrogens with one attached hydrogen (secondary N) is 2. The van der Waals surface area contributed by atoms with Crippen LogP contribution >= 0.6 is 11.3 Å². The molecule has 1 unspecified atom stereocenters. The van der Waals surface area contributed by atoms with Gasteiger partial charge in [0.15, 0.2) is 0 Å². The summed E-state index contributed by atoms with van der Waals surface area (Å²) in [5.74, 6) is 2.42. The van der Waals surface area contributed by atoms with E-state index in [1.807, 2.05) is 29.9 Å². The molecule has 3 aromatic rings. The Bertz CT molecular complexity index is 991. The maximum absolute atomic E-state index is 12.7. The van der Waals surface area contributed by atoms with Gasteiger partial charge in [-0.15, -0.1) is 10.2 Å². The minimum absolute atomic E-state index is 0.390. The molecule has 29 heavy (non-hydrogen) atoms. The van der Waals surface area contributed by atoms with E-state index in [-0.39, 0.29) is 0 Å². The molecule has 9 nitrogen and oxygen atoms in total. The van der Waals surface area contributed by atoms with Crippen molar-refractivity contribution in [2.45, 2.75) is 24.8 Å². The van der Waals surface area contributed by atoms with Gasteiger partial charge in [0.1, 0.15) is 28.4 Å². The van der Waals surface area contributed by atoms with E-state index < -0.39 is 12.1 Å². The second-order valence-corrected chi connectivity index (χ2v) is 7.80. The van der Waals surface area contributed by atoms with Crippen molar-refractivity contribution in [2.24, 2.45) is 7.05 Å². The lowest BCUT2D eigenvalue weighted by atomic mass is 10.1. The Balaban J connectivity index is 1.59. The van der Waals surface area contributed by atoms with Gasteiger partial charge in [-0.3, -0.25) is 5.32 Å². The van der Waals surface area contributed by atoms with Gasteiger partial charge < -0.3 is 19.4 Å². The summed E-state index contributed by atoms with van der Waals surface area (Å²) >= 11 is 1.41. The number of rotatable bonds is 7. The molecule has 2 heterocycles. The number of nitrogens with zero attached hydrogens (tertiary/aromatic N) is 4. The number of benzene rings is 1. The molecular weight excluding hydrogens is 392 g/mol. The number of hydrogen-bond donors (Lipinski definition) is 2. The van der Waals surface area contributed by atoms with E-state index in [2.05, 4.69) is 25.8 Å². The fraction of sp³-hybridized carbons (Fsp3) is 0.368. The maximum Gasteiger partial charge on any atom is 0.321 e. The van der Waals surface area contributed by atoms with Gasteiger partial charge in [-0.05, 0) is 30.5 Å². The standard InChI is InChI=1S/C19H22N6O3S/c1-25-7-6-20-16(25)15(12-8-13(27-2)10-14(9-12)28-3)21-18(26)22-19-24-23-17(29-19)11-4-5-11/h6-11,15H,4-5H2,1-3H3,(H2,21,22,24,26). The normalized spacial score (nSPS) is 14.3. The highest BCUT2D eigenvalue weighted by atomic mass is 32.1. The molecule has 0 bridgehead atoms. The number of imidazole rings is 1. The van der Waals surface area contributed by atoms with Gasteiger partial charge in [0.2, 0.25) is 5.13 Å². The monoisotopic (exact) mass is 414 g/mol. The third-order valence-corrected chi connectivity index (χ3v) is 5.69. The first-order valence-electron chi connectivity index (χ1n) is 9.18. The lowest BCUT2D eigenvalue weighted by Gasteiger charge is -2.20. The Morgan fingerprint density at radius 3 is 2.52 bits per heavy atom. The molecule has 0 aliphatic heterocycles. The molecular formula is C19H22N6O3S. The Morgan fingerprint density at radius 2 is 1.93 bits per heavy atom. The van der Waals surface area contributed by atoms with Crippen LogP contribution < -0.4 is 20.1 Å². The fourth-order valence-electron chi connectivity index (χ4n) is 2.99. The predicted octanol–water partition coefficient (Wildman–Crippen LogP) is 3.08. The number of aryl methyl sites for hydroxylation is 1. The van der Waals surface area contributed by atoms with Crippen LogP contribution in [0, 0.1) is 0 Å². The average molecular weight is 414 g/mol. The van der Waals surface area contributed by atoms with E-state index in [0.29, 0.717) is 28.4 Å². The van der Waals surface area contributed by atoms with Gasteiger partial charge >= 0.3 is 6.03 Å². The molecule has 10 heteroatoms. The third-order valence-electron chi connectivity index (χ3n) is 4.69. The number of carbonyl (C=O) groups excluding carboxylic acids is 1. The van der Waals surface area contributed by atoms with Crippen LogP contribution in [-0.4, -0.2) is 40.0 Å². The summed E-state index contributed by atoms with van der Waals surface area (Å²) in [6, 6.07) is 4.56. The quantitative estimate of drug-likeness (QED) is 0.616. The number of methoxy groups -OCH3 is 2. The molecule has 1 aliphatic carbocycles. The molecule has 0 saturated heterocycles. The van der Waals surface area contributed by atoms with Crippen molar-refractivity contribution in [1.29, 1.82) is 0 Å². The Kier molecular flexibility index (Phi) is 5.34. The molecule has 2 N–H and O–H groups in total. The van der Waals surface area contributed by atoms with Crippen LogP contribution in [0.1, 0.15) is 41.2 Å². The Hall–Kier alpha value is -3.14. The van der Waals surface area contributed by atoms with Crippen molar-refractivity contribution in [2.75, 3.05) is 19.5 Å². The summed E-state index contributed by atoms with van der Waals surface area (Å²) in [7, 11) is 5.04. The Labute approximate surface area is 172 Å². The highest BCUT2D eigenvalue weighted by molar-refractivity contribution is 7.15. The van der Waals surface area contributed by atoms with Gasteiger partial charge in [-0.25, -0.2) is 9.78 Å². The molecule has 1 saturated carbocycles. The lowest BCUT2D eigenvalue weighted by Crippen LogP contribution is -2.34. The highest BCUT2D eigenvalue weighted by Crippen LogP contribution is 2.42. The molecule has 1 aromatic carbocycles. The number of aromatic nitrogens is 4. The van der Waals surface area contributed by atoms with Crippen LogP contribution in [0.2, 0.25) is 0 Å². The van der Waals surface area contributed by atoms with Gasteiger partial charge in [-0.2, -0.15) is 0 Å². The zero-order valence-electron chi connectivity index (χ0n) is 16.4. The first-order chi connectivity index (χ1) is 14.1. The number of carbonyl (C=O) groups is 1. The lowest BCUT2D eigenvalue weighted by molar-refractivity contribution is 0.249. The van der Waals surface area contributed by atoms with Gasteiger partial charge in [0, 0.05) is 31.4 Å². The second kappa shape index (κ2) is 8.08. The van der Waals surface area contributed by atoms with Crippen molar-refractivity contribution < 1.29 is 14.3 Å². The summed E-state index contributed by atoms with van der Waals surface area (Å²) in [5, 5.41) is 15.4. The van der Waals surface area contributed by atoms with Gasteiger partial charge in [-0.1, -0.05) is 11.3 Å². The summed E-state index contributed by atoms with van der Waals surface area (Å²) in [6.07, 6.45) is 5.79. The van der Waals surface area contributed by atoms with Crippen molar-refractivity contribution in [1.82, 2.24) is 25.1 Å². The van der Waals surface area contributed by atoms with Crippen LogP contribution in [0.4, 0.5) is 9.93 Å². The first kappa shape index (κ1) is 19.2. The number of anilines is 1. The molecule has 1 atom stereocenters. The van der Waals surface area contributed by atoms with E-state index in [1.165, 1.54) is 11.3 Å². The van der Waals surface area contributed by atoms with Gasteiger partial charge in [0.05, 0.1) is 14.2 Å².